The monoisotopic (exact) mass is 432 g/mol. The molecule has 0 unspecified atom stereocenters. The van der Waals surface area contributed by atoms with E-state index in [4.69, 9.17) is 9.47 Å². The molecule has 1 heterocycles. The summed E-state index contributed by atoms with van der Waals surface area (Å²) < 4.78 is 10.9. The number of nitrogens with one attached hydrogen (secondary N) is 1. The van der Waals surface area contributed by atoms with Crippen LogP contribution in [0.25, 0.3) is 0 Å². The Morgan fingerprint density at radius 1 is 1.29 bits per heavy atom. The molecule has 1 saturated carbocycles. The van der Waals surface area contributed by atoms with Crippen molar-refractivity contribution in [2.45, 2.75) is 58.6 Å². The van der Waals surface area contributed by atoms with Crippen LogP contribution >= 0.6 is 0 Å². The van der Waals surface area contributed by atoms with Gasteiger partial charge in [-0.3, -0.25) is 14.5 Å². The van der Waals surface area contributed by atoms with Crippen molar-refractivity contribution in [1.82, 2.24) is 10.2 Å². The number of amides is 3. The number of carbonyl (C=O) groups is 3. The predicted molar refractivity (Wildman–Crippen MR) is 114 cm³/mol. The summed E-state index contributed by atoms with van der Waals surface area (Å²) in [6, 6.07) is 4.30. The van der Waals surface area contributed by atoms with Gasteiger partial charge >= 0.3 is 6.03 Å². The van der Waals surface area contributed by atoms with E-state index in [1.807, 2.05) is 0 Å². The van der Waals surface area contributed by atoms with Gasteiger partial charge in [-0.15, -0.1) is 0 Å². The van der Waals surface area contributed by atoms with Crippen LogP contribution in [0.4, 0.5) is 4.79 Å². The fourth-order valence-corrected chi connectivity index (χ4v) is 5.13. The maximum atomic E-state index is 13.2. The van der Waals surface area contributed by atoms with Gasteiger partial charge < -0.3 is 19.9 Å². The van der Waals surface area contributed by atoms with Gasteiger partial charge in [0.1, 0.15) is 18.2 Å². The van der Waals surface area contributed by atoms with E-state index in [2.05, 4.69) is 26.1 Å². The molecule has 8 nitrogen and oxygen atoms in total. The van der Waals surface area contributed by atoms with Crippen molar-refractivity contribution in [3.63, 3.8) is 0 Å². The molecule has 170 valence electrons. The van der Waals surface area contributed by atoms with Gasteiger partial charge in [-0.05, 0) is 55.7 Å². The van der Waals surface area contributed by atoms with Gasteiger partial charge in [-0.25, -0.2) is 4.79 Å². The predicted octanol–water partition coefficient (Wildman–Crippen LogP) is 2.77. The first-order valence-electron chi connectivity index (χ1n) is 10.6. The Kier molecular flexibility index (Phi) is 6.32. The Bertz CT molecular complexity index is 883. The van der Waals surface area contributed by atoms with Crippen molar-refractivity contribution in [1.29, 1.82) is 0 Å². The van der Waals surface area contributed by atoms with Gasteiger partial charge in [0.2, 0.25) is 0 Å². The molecule has 0 radical (unpaired) electrons. The Balaban J connectivity index is 1.65. The summed E-state index contributed by atoms with van der Waals surface area (Å²) in [5.74, 6) is 0.666. The molecule has 1 aliphatic heterocycles. The molecule has 8 heteroatoms. The van der Waals surface area contributed by atoms with Gasteiger partial charge in [0, 0.05) is 5.56 Å². The van der Waals surface area contributed by atoms with E-state index in [1.54, 1.807) is 18.2 Å². The van der Waals surface area contributed by atoms with Gasteiger partial charge in [0.15, 0.2) is 17.3 Å². The van der Waals surface area contributed by atoms with Crippen molar-refractivity contribution < 1.29 is 29.0 Å². The third-order valence-electron chi connectivity index (χ3n) is 6.02. The molecule has 1 spiro atoms. The topological polar surface area (TPSA) is 105 Å². The minimum Gasteiger partial charge on any atom is -0.493 e. The summed E-state index contributed by atoms with van der Waals surface area (Å²) >= 11 is 0. The number of β-amino-alcohol motifs (C(OH)–C–C–N with tert-alkyl or cyclic N) is 1. The molecule has 1 aromatic rings. The lowest BCUT2D eigenvalue weighted by atomic mass is 9.64. The number of ketones is 1. The normalized spacial score (nSPS) is 26.0. The molecule has 0 aromatic heterocycles. The zero-order valence-corrected chi connectivity index (χ0v) is 18.9. The molecular formula is C23H32N2O6. The Labute approximate surface area is 182 Å². The van der Waals surface area contributed by atoms with Crippen LogP contribution in [0.1, 0.15) is 57.3 Å². The first-order chi connectivity index (χ1) is 14.5. The first-order valence-corrected chi connectivity index (χ1v) is 10.6. The zero-order valence-electron chi connectivity index (χ0n) is 18.9. The number of Topliss-reactive ketones (excluding diaryl/α,β-unsaturated/α-hetero) is 1. The molecule has 3 rings (SSSR count). The number of nitrogens with zero attached hydrogens (tertiary/aromatic N) is 1. The highest BCUT2D eigenvalue weighted by Gasteiger charge is 2.56. The van der Waals surface area contributed by atoms with Crippen molar-refractivity contribution in [3.05, 3.63) is 23.8 Å². The number of hydrogen-bond donors (Lipinski definition) is 2. The number of rotatable bonds is 7. The van der Waals surface area contributed by atoms with Crippen molar-refractivity contribution in [2.24, 2.45) is 11.3 Å². The maximum Gasteiger partial charge on any atom is 0.325 e. The van der Waals surface area contributed by atoms with Gasteiger partial charge in [-0.1, -0.05) is 20.8 Å². The number of aliphatic hydroxyl groups excluding tert-OH is 1. The summed E-state index contributed by atoms with van der Waals surface area (Å²) in [4.78, 5) is 38.4. The number of methoxy groups -OCH3 is 1. The van der Waals surface area contributed by atoms with E-state index >= 15 is 0 Å². The third-order valence-corrected chi connectivity index (χ3v) is 6.02. The van der Waals surface area contributed by atoms with Crippen LogP contribution in [0.3, 0.4) is 0 Å². The largest absolute Gasteiger partial charge is 0.493 e. The number of hydrogen-bond acceptors (Lipinski definition) is 6. The van der Waals surface area contributed by atoms with Crippen LogP contribution in [0.5, 0.6) is 11.5 Å². The number of ether oxygens (including phenoxy) is 2. The highest BCUT2D eigenvalue weighted by molar-refractivity contribution is 6.07. The molecule has 3 amide bonds. The Hall–Kier alpha value is -2.61. The van der Waals surface area contributed by atoms with Crippen LogP contribution in [0, 0.1) is 11.3 Å². The van der Waals surface area contributed by atoms with E-state index in [1.165, 1.54) is 14.0 Å². The maximum absolute atomic E-state index is 13.2. The lowest BCUT2D eigenvalue weighted by Crippen LogP contribution is -2.54. The molecule has 2 fully saturated rings. The van der Waals surface area contributed by atoms with Crippen LogP contribution in [-0.2, 0) is 4.79 Å². The second-order valence-electron chi connectivity index (χ2n) is 9.67. The second kappa shape index (κ2) is 8.49. The lowest BCUT2D eigenvalue weighted by Gasteiger charge is -2.43. The Morgan fingerprint density at radius 2 is 2.00 bits per heavy atom. The third kappa shape index (κ3) is 4.84. The molecule has 1 aliphatic carbocycles. The molecule has 2 aliphatic rings. The number of carbonyl (C=O) groups excluding carboxylic acids is 3. The number of imide groups is 1. The van der Waals surface area contributed by atoms with Crippen LogP contribution < -0.4 is 14.8 Å². The summed E-state index contributed by atoms with van der Waals surface area (Å²) in [6.45, 7) is 7.48. The average molecular weight is 433 g/mol. The number of urea groups is 1. The summed E-state index contributed by atoms with van der Waals surface area (Å²) in [7, 11) is 1.46. The van der Waals surface area contributed by atoms with Gasteiger partial charge in [0.05, 0.1) is 13.7 Å². The quantitative estimate of drug-likeness (QED) is 0.507. The average Bonchev–Trinajstić information content (AvgIpc) is 2.87. The Morgan fingerprint density at radius 3 is 2.61 bits per heavy atom. The molecule has 2 N–H and O–H groups in total. The molecule has 31 heavy (non-hydrogen) atoms. The minimum atomic E-state index is -1.07. The lowest BCUT2D eigenvalue weighted by molar-refractivity contribution is -0.135. The fourth-order valence-electron chi connectivity index (χ4n) is 5.13. The van der Waals surface area contributed by atoms with Gasteiger partial charge in [0.25, 0.3) is 5.91 Å². The van der Waals surface area contributed by atoms with E-state index in [9.17, 15) is 19.5 Å². The van der Waals surface area contributed by atoms with E-state index in [0.29, 0.717) is 35.8 Å². The van der Waals surface area contributed by atoms with Crippen molar-refractivity contribution >= 4 is 17.7 Å². The highest BCUT2D eigenvalue weighted by Crippen LogP contribution is 2.46. The van der Waals surface area contributed by atoms with Crippen LogP contribution in [0.2, 0.25) is 0 Å². The fraction of sp³-hybridized carbons (Fsp3) is 0.609. The van der Waals surface area contributed by atoms with E-state index < -0.39 is 17.7 Å². The summed E-state index contributed by atoms with van der Waals surface area (Å²) in [5.41, 5.74) is -0.468. The SMILES string of the molecule is COc1cc(C(C)=O)ccc1OC[C@H](O)CN1C(=O)N[C@]2(C[C@@H](C)CC(C)(C)C2)C1=O. The molecule has 3 atom stereocenters. The minimum absolute atomic E-state index is 0.0546. The smallest absolute Gasteiger partial charge is 0.325 e. The van der Waals surface area contributed by atoms with E-state index in [-0.39, 0.29) is 30.3 Å². The molecule has 1 saturated heterocycles. The summed E-state index contributed by atoms with van der Waals surface area (Å²) in [6.07, 6.45) is 1.11. The van der Waals surface area contributed by atoms with Gasteiger partial charge in [-0.2, -0.15) is 0 Å². The number of benzene rings is 1. The zero-order chi connectivity index (χ0) is 23.0. The van der Waals surface area contributed by atoms with E-state index in [0.717, 1.165) is 11.3 Å². The molecule has 1 aromatic carbocycles. The van der Waals surface area contributed by atoms with Crippen molar-refractivity contribution in [2.75, 3.05) is 20.3 Å². The van der Waals surface area contributed by atoms with Crippen molar-refractivity contribution in [3.8, 4) is 11.5 Å². The summed E-state index contributed by atoms with van der Waals surface area (Å²) in [5, 5.41) is 13.4. The highest BCUT2D eigenvalue weighted by atomic mass is 16.5. The number of aliphatic hydroxyl groups is 1. The van der Waals surface area contributed by atoms with Crippen LogP contribution in [0.15, 0.2) is 18.2 Å². The first kappa shape index (κ1) is 23.1. The molecular weight excluding hydrogens is 400 g/mol. The van der Waals surface area contributed by atoms with Crippen LogP contribution in [-0.4, -0.2) is 59.6 Å². The molecule has 0 bridgehead atoms. The standard InChI is InChI=1S/C23H32N2O6/c1-14-9-22(3,4)13-23(10-14)20(28)25(21(29)24-23)11-17(27)12-31-18-7-6-16(15(2)26)8-19(18)30-5/h6-8,14,17,27H,9-13H2,1-5H3,(H,24,29)/t14-,17+,23-/m0/s1. The second-order valence-corrected chi connectivity index (χ2v) is 9.67.